The summed E-state index contributed by atoms with van der Waals surface area (Å²) in [7, 11) is 1.89. The summed E-state index contributed by atoms with van der Waals surface area (Å²) in [4.78, 5) is 4.34. The van der Waals surface area contributed by atoms with E-state index in [1.807, 2.05) is 37.4 Å². The number of benzene rings is 1. The highest BCUT2D eigenvalue weighted by Gasteiger charge is 2.07. The van der Waals surface area contributed by atoms with Crippen LogP contribution in [0.1, 0.15) is 5.56 Å². The predicted octanol–water partition coefficient (Wildman–Crippen LogP) is 3.84. The molecular formula is C15H14N2O. The second-order valence-corrected chi connectivity index (χ2v) is 4.33. The minimum absolute atomic E-state index is 0.799. The van der Waals surface area contributed by atoms with Crippen LogP contribution >= 0.6 is 0 Å². The first-order valence-corrected chi connectivity index (χ1v) is 5.90. The quantitative estimate of drug-likeness (QED) is 0.737. The molecular weight excluding hydrogens is 224 g/mol. The van der Waals surface area contributed by atoms with Gasteiger partial charge in [0, 0.05) is 24.3 Å². The lowest BCUT2D eigenvalue weighted by atomic mass is 10.2. The smallest absolute Gasteiger partial charge is 0.153 e. The molecule has 0 amide bonds. The van der Waals surface area contributed by atoms with Gasteiger partial charge in [-0.2, -0.15) is 0 Å². The van der Waals surface area contributed by atoms with E-state index in [9.17, 15) is 0 Å². The summed E-state index contributed by atoms with van der Waals surface area (Å²) in [6, 6.07) is 12.1. The Bertz CT molecular complexity index is 701. The van der Waals surface area contributed by atoms with Crippen LogP contribution in [0.4, 0.5) is 5.69 Å². The number of hydrogen-bond acceptors (Lipinski definition) is 3. The molecule has 0 atom stereocenters. The third-order valence-corrected chi connectivity index (χ3v) is 2.97. The third-order valence-electron chi connectivity index (χ3n) is 2.97. The van der Waals surface area contributed by atoms with Crippen molar-refractivity contribution in [2.75, 3.05) is 12.4 Å². The number of hydrogen-bond donors (Lipinski definition) is 1. The number of aryl methyl sites for hydroxylation is 1. The molecule has 18 heavy (non-hydrogen) atoms. The molecule has 1 N–H and O–H groups in total. The summed E-state index contributed by atoms with van der Waals surface area (Å²) in [5, 5.41) is 4.21. The zero-order chi connectivity index (χ0) is 12.5. The second-order valence-electron chi connectivity index (χ2n) is 4.33. The van der Waals surface area contributed by atoms with Crippen molar-refractivity contribution in [1.29, 1.82) is 0 Å². The molecule has 0 spiro atoms. The second kappa shape index (κ2) is 4.18. The van der Waals surface area contributed by atoms with Crippen LogP contribution in [0.15, 0.2) is 47.0 Å². The van der Waals surface area contributed by atoms with Crippen molar-refractivity contribution in [3.05, 3.63) is 48.2 Å². The van der Waals surface area contributed by atoms with E-state index in [1.54, 1.807) is 6.20 Å². The van der Waals surface area contributed by atoms with Crippen molar-refractivity contribution >= 4 is 16.7 Å². The zero-order valence-electron chi connectivity index (χ0n) is 10.4. The molecule has 0 radical (unpaired) electrons. The van der Waals surface area contributed by atoms with Crippen molar-refractivity contribution < 1.29 is 4.42 Å². The van der Waals surface area contributed by atoms with Gasteiger partial charge >= 0.3 is 0 Å². The number of nitrogens with zero attached hydrogens (tertiary/aromatic N) is 1. The van der Waals surface area contributed by atoms with Crippen LogP contribution in [0, 0.1) is 6.92 Å². The van der Waals surface area contributed by atoms with E-state index < -0.39 is 0 Å². The van der Waals surface area contributed by atoms with Crippen LogP contribution in [0.5, 0.6) is 0 Å². The predicted molar refractivity (Wildman–Crippen MR) is 73.7 cm³/mol. The van der Waals surface area contributed by atoms with Crippen LogP contribution in [0.3, 0.4) is 0 Å². The summed E-state index contributed by atoms with van der Waals surface area (Å²) in [6.07, 6.45) is 1.78. The van der Waals surface area contributed by atoms with E-state index in [0.29, 0.717) is 0 Å². The molecule has 0 saturated heterocycles. The Morgan fingerprint density at radius 2 is 2.00 bits per heavy atom. The summed E-state index contributed by atoms with van der Waals surface area (Å²) in [6.45, 7) is 2.08. The first-order valence-electron chi connectivity index (χ1n) is 5.90. The lowest BCUT2D eigenvalue weighted by Crippen LogP contribution is -1.89. The molecule has 3 aromatic rings. The molecule has 3 heteroatoms. The standard InChI is InChI=1S/C15H14N2O/c1-10-3-4-14-11(7-10)8-15(18-14)13-9-12(16-2)5-6-17-13/h3-9H,1-2H3,(H,16,17). The number of anilines is 1. The Labute approximate surface area is 105 Å². The van der Waals surface area contributed by atoms with E-state index >= 15 is 0 Å². The topological polar surface area (TPSA) is 38.1 Å². The van der Waals surface area contributed by atoms with Crippen LogP contribution in [-0.4, -0.2) is 12.0 Å². The van der Waals surface area contributed by atoms with Crippen molar-refractivity contribution in [3.8, 4) is 11.5 Å². The molecule has 0 aliphatic heterocycles. The summed E-state index contributed by atoms with van der Waals surface area (Å²) in [5.74, 6) is 0.799. The molecule has 1 aromatic carbocycles. The van der Waals surface area contributed by atoms with Crippen molar-refractivity contribution in [3.63, 3.8) is 0 Å². The minimum atomic E-state index is 0.799. The van der Waals surface area contributed by atoms with E-state index in [1.165, 1.54) is 5.56 Å². The molecule has 0 unspecified atom stereocenters. The van der Waals surface area contributed by atoms with Gasteiger partial charge in [-0.1, -0.05) is 11.6 Å². The van der Waals surface area contributed by atoms with Gasteiger partial charge in [0.15, 0.2) is 5.76 Å². The molecule has 90 valence electrons. The molecule has 0 fully saturated rings. The Hall–Kier alpha value is -2.29. The maximum absolute atomic E-state index is 5.82. The summed E-state index contributed by atoms with van der Waals surface area (Å²) >= 11 is 0. The Morgan fingerprint density at radius 3 is 2.83 bits per heavy atom. The number of fused-ring (bicyclic) bond motifs is 1. The third kappa shape index (κ3) is 1.84. The van der Waals surface area contributed by atoms with E-state index in [4.69, 9.17) is 4.42 Å². The van der Waals surface area contributed by atoms with Gasteiger partial charge in [-0.25, -0.2) is 0 Å². The van der Waals surface area contributed by atoms with E-state index in [0.717, 1.165) is 28.1 Å². The zero-order valence-corrected chi connectivity index (χ0v) is 10.4. The van der Waals surface area contributed by atoms with Gasteiger partial charge in [0.2, 0.25) is 0 Å². The molecule has 2 heterocycles. The van der Waals surface area contributed by atoms with E-state index in [2.05, 4.69) is 23.3 Å². The molecule has 0 bridgehead atoms. The maximum atomic E-state index is 5.82. The van der Waals surface area contributed by atoms with Gasteiger partial charge < -0.3 is 9.73 Å². The number of rotatable bonds is 2. The number of pyridine rings is 1. The Morgan fingerprint density at radius 1 is 1.11 bits per heavy atom. The first-order chi connectivity index (χ1) is 8.76. The SMILES string of the molecule is CNc1ccnc(-c2cc3cc(C)ccc3o2)c1. The molecule has 3 nitrogen and oxygen atoms in total. The molecule has 2 aromatic heterocycles. The fraction of sp³-hybridized carbons (Fsp3) is 0.133. The summed E-state index contributed by atoms with van der Waals surface area (Å²) < 4.78 is 5.82. The van der Waals surface area contributed by atoms with Gasteiger partial charge in [-0.05, 0) is 37.3 Å². The largest absolute Gasteiger partial charge is 0.454 e. The van der Waals surface area contributed by atoms with Crippen molar-refractivity contribution in [2.24, 2.45) is 0 Å². The Kier molecular flexibility index (Phi) is 2.52. The van der Waals surface area contributed by atoms with Gasteiger partial charge in [0.25, 0.3) is 0 Å². The average molecular weight is 238 g/mol. The van der Waals surface area contributed by atoms with Crippen LogP contribution in [0.2, 0.25) is 0 Å². The highest BCUT2D eigenvalue weighted by Crippen LogP contribution is 2.28. The number of nitrogens with one attached hydrogen (secondary N) is 1. The van der Waals surface area contributed by atoms with Gasteiger partial charge in [-0.15, -0.1) is 0 Å². The Balaban J connectivity index is 2.13. The highest BCUT2D eigenvalue weighted by atomic mass is 16.3. The number of furan rings is 1. The monoisotopic (exact) mass is 238 g/mol. The molecule has 3 rings (SSSR count). The maximum Gasteiger partial charge on any atom is 0.153 e. The normalized spacial score (nSPS) is 10.8. The molecule has 0 aliphatic rings. The summed E-state index contributed by atoms with van der Waals surface area (Å²) in [5.41, 5.74) is 3.99. The fourth-order valence-electron chi connectivity index (χ4n) is 2.01. The lowest BCUT2D eigenvalue weighted by molar-refractivity contribution is 0.628. The van der Waals surface area contributed by atoms with Crippen LogP contribution in [0.25, 0.3) is 22.4 Å². The van der Waals surface area contributed by atoms with Crippen LogP contribution < -0.4 is 5.32 Å². The fourth-order valence-corrected chi connectivity index (χ4v) is 2.01. The average Bonchev–Trinajstić information content (AvgIpc) is 2.81. The number of aromatic nitrogens is 1. The van der Waals surface area contributed by atoms with Crippen LogP contribution in [-0.2, 0) is 0 Å². The van der Waals surface area contributed by atoms with Crippen molar-refractivity contribution in [2.45, 2.75) is 6.92 Å². The van der Waals surface area contributed by atoms with Crippen molar-refractivity contribution in [1.82, 2.24) is 4.98 Å². The highest BCUT2D eigenvalue weighted by molar-refractivity contribution is 5.83. The molecule has 0 aliphatic carbocycles. The van der Waals surface area contributed by atoms with E-state index in [-0.39, 0.29) is 0 Å². The minimum Gasteiger partial charge on any atom is -0.454 e. The molecule has 0 saturated carbocycles. The first kappa shape index (κ1) is 10.8. The lowest BCUT2D eigenvalue weighted by Gasteiger charge is -2.00. The van der Waals surface area contributed by atoms with Gasteiger partial charge in [0.05, 0.1) is 0 Å². The van der Waals surface area contributed by atoms with Gasteiger partial charge in [-0.3, -0.25) is 4.98 Å². The van der Waals surface area contributed by atoms with Gasteiger partial charge in [0.1, 0.15) is 11.3 Å².